The standard InChI is InChI=1S/C16H16Cl2N2O5/c1-15(8-16(15,17)18)14(21)24-7-12-19-13(20-25-12)10-5-4-9(22-2)6-11(10)23-3/h4-6H,7-8H2,1-3H3/t15-/m1/s1. The van der Waals surface area contributed by atoms with Gasteiger partial charge >= 0.3 is 5.97 Å². The van der Waals surface area contributed by atoms with Crippen molar-refractivity contribution in [2.24, 2.45) is 5.41 Å². The van der Waals surface area contributed by atoms with Crippen molar-refractivity contribution in [3.8, 4) is 22.9 Å². The second-order valence-corrected chi connectivity index (χ2v) is 7.35. The molecule has 1 aromatic carbocycles. The van der Waals surface area contributed by atoms with Gasteiger partial charge < -0.3 is 18.7 Å². The molecule has 1 fully saturated rings. The Balaban J connectivity index is 1.70. The van der Waals surface area contributed by atoms with E-state index in [0.29, 0.717) is 29.3 Å². The summed E-state index contributed by atoms with van der Waals surface area (Å²) < 4.78 is 19.7. The van der Waals surface area contributed by atoms with Gasteiger partial charge in [-0.05, 0) is 19.1 Å². The van der Waals surface area contributed by atoms with E-state index in [2.05, 4.69) is 10.1 Å². The van der Waals surface area contributed by atoms with Gasteiger partial charge in [0.1, 0.15) is 21.2 Å². The largest absolute Gasteiger partial charge is 0.497 e. The zero-order chi connectivity index (χ0) is 18.2. The molecule has 0 bridgehead atoms. The maximum absolute atomic E-state index is 12.0. The van der Waals surface area contributed by atoms with Crippen molar-refractivity contribution in [1.82, 2.24) is 10.1 Å². The highest BCUT2D eigenvalue weighted by molar-refractivity contribution is 6.53. The molecule has 25 heavy (non-hydrogen) atoms. The van der Waals surface area contributed by atoms with Crippen molar-refractivity contribution in [2.75, 3.05) is 14.2 Å². The number of hydrogen-bond acceptors (Lipinski definition) is 7. The van der Waals surface area contributed by atoms with E-state index in [1.165, 1.54) is 7.11 Å². The van der Waals surface area contributed by atoms with Gasteiger partial charge in [0.15, 0.2) is 6.61 Å². The first-order valence-corrected chi connectivity index (χ1v) is 8.16. The number of esters is 1. The average Bonchev–Trinajstić information content (AvgIpc) is 2.94. The summed E-state index contributed by atoms with van der Waals surface area (Å²) in [6.45, 7) is 1.49. The minimum absolute atomic E-state index is 0.153. The van der Waals surface area contributed by atoms with Gasteiger partial charge in [-0.15, -0.1) is 23.2 Å². The zero-order valence-corrected chi connectivity index (χ0v) is 15.3. The van der Waals surface area contributed by atoms with Crippen LogP contribution < -0.4 is 9.47 Å². The maximum atomic E-state index is 12.0. The number of carbonyl (C=O) groups is 1. The molecular formula is C16H16Cl2N2O5. The molecule has 3 rings (SSSR count). The van der Waals surface area contributed by atoms with Gasteiger partial charge in [0.25, 0.3) is 5.89 Å². The first-order chi connectivity index (χ1) is 11.8. The van der Waals surface area contributed by atoms with Gasteiger partial charge in [-0.1, -0.05) is 5.16 Å². The van der Waals surface area contributed by atoms with E-state index in [9.17, 15) is 4.79 Å². The molecule has 0 saturated heterocycles. The fourth-order valence-electron chi connectivity index (χ4n) is 2.31. The van der Waals surface area contributed by atoms with Crippen molar-refractivity contribution in [3.05, 3.63) is 24.1 Å². The molecule has 0 aliphatic heterocycles. The Morgan fingerprint density at radius 3 is 2.64 bits per heavy atom. The lowest BCUT2D eigenvalue weighted by atomic mass is 10.1. The summed E-state index contributed by atoms with van der Waals surface area (Å²) in [7, 11) is 3.09. The third kappa shape index (κ3) is 3.26. The molecule has 0 N–H and O–H groups in total. The van der Waals surface area contributed by atoms with Crippen LogP contribution in [0.25, 0.3) is 11.4 Å². The number of hydrogen-bond donors (Lipinski definition) is 0. The number of alkyl halides is 2. The highest BCUT2D eigenvalue weighted by Crippen LogP contribution is 2.64. The molecule has 2 aromatic rings. The Hall–Kier alpha value is -1.99. The number of rotatable bonds is 6. The van der Waals surface area contributed by atoms with Crippen molar-refractivity contribution < 1.29 is 23.5 Å². The molecule has 1 aromatic heterocycles. The summed E-state index contributed by atoms with van der Waals surface area (Å²) >= 11 is 11.9. The highest BCUT2D eigenvalue weighted by atomic mass is 35.5. The van der Waals surface area contributed by atoms with Gasteiger partial charge in [0, 0.05) is 12.5 Å². The van der Waals surface area contributed by atoms with Crippen molar-refractivity contribution in [2.45, 2.75) is 24.3 Å². The molecule has 1 saturated carbocycles. The SMILES string of the molecule is COc1ccc(-c2noc(COC(=O)[C@@]3(C)CC3(Cl)Cl)n2)c(OC)c1. The van der Waals surface area contributed by atoms with E-state index in [1.54, 1.807) is 32.2 Å². The van der Waals surface area contributed by atoms with E-state index in [0.717, 1.165) is 0 Å². The molecule has 1 heterocycles. The van der Waals surface area contributed by atoms with E-state index in [-0.39, 0.29) is 12.5 Å². The molecule has 0 spiro atoms. The molecule has 0 amide bonds. The summed E-state index contributed by atoms with van der Waals surface area (Å²) in [6.07, 6.45) is 0.347. The van der Waals surface area contributed by atoms with Crippen LogP contribution in [0.5, 0.6) is 11.5 Å². The fourth-order valence-corrected chi connectivity index (χ4v) is 3.00. The Labute approximate surface area is 154 Å². The second-order valence-electron chi connectivity index (χ2n) is 5.87. The Kier molecular flexibility index (Phi) is 4.55. The number of carbonyl (C=O) groups excluding carboxylic acids is 1. The zero-order valence-electron chi connectivity index (χ0n) is 13.8. The van der Waals surface area contributed by atoms with E-state index < -0.39 is 15.7 Å². The molecule has 134 valence electrons. The quantitative estimate of drug-likeness (QED) is 0.555. The third-order valence-electron chi connectivity index (χ3n) is 4.15. The highest BCUT2D eigenvalue weighted by Gasteiger charge is 2.69. The summed E-state index contributed by atoms with van der Waals surface area (Å²) in [5, 5.41) is 3.88. The summed E-state index contributed by atoms with van der Waals surface area (Å²) in [4.78, 5) is 16.3. The van der Waals surface area contributed by atoms with Crippen LogP contribution in [0.4, 0.5) is 0 Å². The molecular weight excluding hydrogens is 371 g/mol. The van der Waals surface area contributed by atoms with Crippen LogP contribution in [-0.2, 0) is 16.1 Å². The number of halogens is 2. The topological polar surface area (TPSA) is 83.7 Å². The van der Waals surface area contributed by atoms with Crippen LogP contribution in [-0.4, -0.2) is 34.7 Å². The first-order valence-electron chi connectivity index (χ1n) is 7.41. The van der Waals surface area contributed by atoms with Gasteiger partial charge in [-0.2, -0.15) is 4.98 Å². The molecule has 0 radical (unpaired) electrons. The number of aromatic nitrogens is 2. The molecule has 1 aliphatic rings. The first kappa shape index (κ1) is 17.8. The van der Waals surface area contributed by atoms with Crippen LogP contribution in [0.15, 0.2) is 22.7 Å². The lowest BCUT2D eigenvalue weighted by Crippen LogP contribution is -2.21. The fraction of sp³-hybridized carbons (Fsp3) is 0.438. The smallest absolute Gasteiger partial charge is 0.315 e. The lowest BCUT2D eigenvalue weighted by Gasteiger charge is -2.09. The normalized spacial score (nSPS) is 20.8. The second kappa shape index (κ2) is 6.38. The van der Waals surface area contributed by atoms with Gasteiger partial charge in [0.05, 0.1) is 19.8 Å². The Morgan fingerprint density at radius 1 is 1.32 bits per heavy atom. The Bertz CT molecular complexity index is 808. The molecule has 0 unspecified atom stereocenters. The van der Waals surface area contributed by atoms with Crippen LogP contribution in [0, 0.1) is 5.41 Å². The summed E-state index contributed by atoms with van der Waals surface area (Å²) in [5.74, 6) is 1.14. The summed E-state index contributed by atoms with van der Waals surface area (Å²) in [5.41, 5.74) is -0.280. The predicted octanol–water partition coefficient (Wildman–Crippen LogP) is 3.38. The minimum Gasteiger partial charge on any atom is -0.497 e. The van der Waals surface area contributed by atoms with E-state index in [1.807, 2.05) is 0 Å². The minimum atomic E-state index is -1.08. The van der Waals surface area contributed by atoms with Crippen molar-refractivity contribution in [3.63, 3.8) is 0 Å². The number of nitrogens with zero attached hydrogens (tertiary/aromatic N) is 2. The van der Waals surface area contributed by atoms with Crippen molar-refractivity contribution in [1.29, 1.82) is 0 Å². The number of methoxy groups -OCH3 is 2. The summed E-state index contributed by atoms with van der Waals surface area (Å²) in [6, 6.07) is 5.21. The third-order valence-corrected chi connectivity index (χ3v) is 5.25. The van der Waals surface area contributed by atoms with Crippen molar-refractivity contribution >= 4 is 29.2 Å². The van der Waals surface area contributed by atoms with Crippen LogP contribution in [0.1, 0.15) is 19.2 Å². The van der Waals surface area contributed by atoms with Gasteiger partial charge in [-0.25, -0.2) is 0 Å². The van der Waals surface area contributed by atoms with Gasteiger partial charge in [-0.3, -0.25) is 4.79 Å². The number of benzene rings is 1. The van der Waals surface area contributed by atoms with Gasteiger partial charge in [0.2, 0.25) is 5.82 Å². The molecule has 1 atom stereocenters. The van der Waals surface area contributed by atoms with Crippen LogP contribution in [0.3, 0.4) is 0 Å². The molecule has 9 heteroatoms. The maximum Gasteiger partial charge on any atom is 0.315 e. The lowest BCUT2D eigenvalue weighted by molar-refractivity contribution is -0.151. The number of ether oxygens (including phenoxy) is 3. The monoisotopic (exact) mass is 386 g/mol. The van der Waals surface area contributed by atoms with Crippen LogP contribution in [0.2, 0.25) is 0 Å². The van der Waals surface area contributed by atoms with E-state index in [4.69, 9.17) is 41.9 Å². The predicted molar refractivity (Wildman–Crippen MR) is 89.8 cm³/mol. The molecule has 1 aliphatic carbocycles. The van der Waals surface area contributed by atoms with E-state index >= 15 is 0 Å². The average molecular weight is 387 g/mol. The Morgan fingerprint density at radius 2 is 2.04 bits per heavy atom. The molecule has 7 nitrogen and oxygen atoms in total. The van der Waals surface area contributed by atoms with Crippen LogP contribution >= 0.6 is 23.2 Å².